The molecule has 1 unspecified atom stereocenters. The van der Waals surface area contributed by atoms with Crippen LogP contribution < -0.4 is 5.32 Å². The topological polar surface area (TPSA) is 24.9 Å². The van der Waals surface area contributed by atoms with Crippen LogP contribution in [0, 0.1) is 12.7 Å². The monoisotopic (exact) mass is 336 g/mol. The number of nitrogens with one attached hydrogen (secondary N) is 1. The minimum Gasteiger partial charge on any atom is -0.310 e. The molecule has 0 radical (unpaired) electrons. The highest BCUT2D eigenvalue weighted by Crippen LogP contribution is 2.22. The van der Waals surface area contributed by atoms with E-state index in [-0.39, 0.29) is 11.9 Å². The summed E-state index contributed by atoms with van der Waals surface area (Å²) in [5, 5.41) is 3.45. The van der Waals surface area contributed by atoms with Crippen molar-refractivity contribution in [3.63, 3.8) is 0 Å². The smallest absolute Gasteiger partial charge is 0.126 e. The number of hydrogen-bond acceptors (Lipinski definition) is 2. The summed E-state index contributed by atoms with van der Waals surface area (Å²) in [6, 6.07) is 7.52. The second-order valence-electron chi connectivity index (χ2n) is 4.83. The van der Waals surface area contributed by atoms with Crippen LogP contribution in [0.2, 0.25) is 0 Å². The summed E-state index contributed by atoms with van der Waals surface area (Å²) in [6.45, 7) is 4.73. The quantitative estimate of drug-likeness (QED) is 0.885. The van der Waals surface area contributed by atoms with Gasteiger partial charge < -0.3 is 5.32 Å². The van der Waals surface area contributed by atoms with Gasteiger partial charge in [0.25, 0.3) is 0 Å². The van der Waals surface area contributed by atoms with Crippen LogP contribution in [0.3, 0.4) is 0 Å². The van der Waals surface area contributed by atoms with Gasteiger partial charge in [0.05, 0.1) is 0 Å². The fourth-order valence-electron chi connectivity index (χ4n) is 2.24. The molecular formula is C16H18BrFN2. The average molecular weight is 337 g/mol. The van der Waals surface area contributed by atoms with Crippen LogP contribution in [-0.4, -0.2) is 11.5 Å². The fourth-order valence-corrected chi connectivity index (χ4v) is 2.65. The second-order valence-corrected chi connectivity index (χ2v) is 5.75. The molecule has 0 aliphatic rings. The van der Waals surface area contributed by atoms with Gasteiger partial charge in [0.15, 0.2) is 0 Å². The summed E-state index contributed by atoms with van der Waals surface area (Å²) in [5.41, 5.74) is 2.93. The zero-order chi connectivity index (χ0) is 14.5. The first kappa shape index (κ1) is 15.1. The van der Waals surface area contributed by atoms with E-state index in [2.05, 4.69) is 39.2 Å². The number of hydrogen-bond donors (Lipinski definition) is 1. The molecule has 1 aromatic heterocycles. The van der Waals surface area contributed by atoms with Gasteiger partial charge in [0.2, 0.25) is 0 Å². The zero-order valence-corrected chi connectivity index (χ0v) is 13.2. The molecule has 2 nitrogen and oxygen atoms in total. The molecule has 0 bridgehead atoms. The zero-order valence-electron chi connectivity index (χ0n) is 11.7. The highest BCUT2D eigenvalue weighted by atomic mass is 79.9. The Balaban J connectivity index is 2.24. The van der Waals surface area contributed by atoms with Gasteiger partial charge in [0, 0.05) is 22.9 Å². The fraction of sp³-hybridized carbons (Fsp3) is 0.312. The molecule has 4 heteroatoms. The van der Waals surface area contributed by atoms with E-state index in [1.54, 1.807) is 13.1 Å². The normalized spacial score (nSPS) is 12.4. The lowest BCUT2D eigenvalue weighted by molar-refractivity contribution is 0.545. The SMILES string of the molecule is CCNC(Cc1cncc(Br)c1)c1ccc(F)c(C)c1. The molecule has 1 atom stereocenters. The first-order valence-corrected chi connectivity index (χ1v) is 7.48. The molecule has 0 fully saturated rings. The van der Waals surface area contributed by atoms with Crippen molar-refractivity contribution in [2.24, 2.45) is 0 Å². The lowest BCUT2D eigenvalue weighted by Crippen LogP contribution is -2.23. The molecule has 2 aromatic rings. The van der Waals surface area contributed by atoms with Crippen LogP contribution in [0.25, 0.3) is 0 Å². The largest absolute Gasteiger partial charge is 0.310 e. The van der Waals surface area contributed by atoms with E-state index >= 15 is 0 Å². The van der Waals surface area contributed by atoms with Crippen molar-refractivity contribution < 1.29 is 4.39 Å². The van der Waals surface area contributed by atoms with Gasteiger partial charge in [-0.2, -0.15) is 0 Å². The van der Waals surface area contributed by atoms with Crippen molar-refractivity contribution in [2.45, 2.75) is 26.3 Å². The van der Waals surface area contributed by atoms with Crippen molar-refractivity contribution in [3.8, 4) is 0 Å². The van der Waals surface area contributed by atoms with E-state index in [4.69, 9.17) is 0 Å². The Bertz CT molecular complexity index is 586. The molecule has 1 heterocycles. The Morgan fingerprint density at radius 3 is 2.75 bits per heavy atom. The van der Waals surface area contributed by atoms with Crippen molar-refractivity contribution in [1.29, 1.82) is 0 Å². The summed E-state index contributed by atoms with van der Waals surface area (Å²) in [7, 11) is 0. The van der Waals surface area contributed by atoms with Gasteiger partial charge in [-0.25, -0.2) is 4.39 Å². The number of aryl methyl sites for hydroxylation is 1. The average Bonchev–Trinajstić information content (AvgIpc) is 2.41. The Morgan fingerprint density at radius 2 is 2.10 bits per heavy atom. The van der Waals surface area contributed by atoms with Crippen molar-refractivity contribution >= 4 is 15.9 Å². The summed E-state index contributed by atoms with van der Waals surface area (Å²) in [6.07, 6.45) is 4.46. The maximum absolute atomic E-state index is 13.4. The van der Waals surface area contributed by atoms with Crippen molar-refractivity contribution in [2.75, 3.05) is 6.54 Å². The molecule has 2 rings (SSSR count). The Labute approximate surface area is 127 Å². The van der Waals surface area contributed by atoms with Crippen LogP contribution in [0.15, 0.2) is 41.1 Å². The van der Waals surface area contributed by atoms with E-state index in [1.165, 1.54) is 6.07 Å². The molecular weight excluding hydrogens is 319 g/mol. The molecule has 0 spiro atoms. The lowest BCUT2D eigenvalue weighted by Gasteiger charge is -2.19. The summed E-state index contributed by atoms with van der Waals surface area (Å²) < 4.78 is 14.4. The van der Waals surface area contributed by atoms with Gasteiger partial charge in [-0.15, -0.1) is 0 Å². The predicted octanol–water partition coefficient (Wildman–Crippen LogP) is 4.18. The predicted molar refractivity (Wildman–Crippen MR) is 83.2 cm³/mol. The van der Waals surface area contributed by atoms with Crippen molar-refractivity contribution in [1.82, 2.24) is 10.3 Å². The number of benzene rings is 1. The van der Waals surface area contributed by atoms with Crippen LogP contribution in [0.5, 0.6) is 0 Å². The highest BCUT2D eigenvalue weighted by Gasteiger charge is 2.13. The molecule has 106 valence electrons. The summed E-state index contributed by atoms with van der Waals surface area (Å²) >= 11 is 3.44. The molecule has 1 aromatic carbocycles. The van der Waals surface area contributed by atoms with E-state index in [0.29, 0.717) is 5.56 Å². The highest BCUT2D eigenvalue weighted by molar-refractivity contribution is 9.10. The Morgan fingerprint density at radius 1 is 1.30 bits per heavy atom. The lowest BCUT2D eigenvalue weighted by atomic mass is 9.98. The number of pyridine rings is 1. The summed E-state index contributed by atoms with van der Waals surface area (Å²) in [5.74, 6) is -0.159. The van der Waals surface area contributed by atoms with E-state index in [9.17, 15) is 4.39 Å². The van der Waals surface area contributed by atoms with E-state index in [0.717, 1.165) is 28.6 Å². The van der Waals surface area contributed by atoms with Gasteiger partial charge >= 0.3 is 0 Å². The molecule has 0 amide bonds. The molecule has 0 aliphatic carbocycles. The number of likely N-dealkylation sites (N-methyl/N-ethyl adjacent to an activating group) is 1. The van der Waals surface area contributed by atoms with E-state index in [1.807, 2.05) is 18.3 Å². The first-order valence-electron chi connectivity index (χ1n) is 6.69. The third-order valence-electron chi connectivity index (χ3n) is 3.24. The molecule has 0 saturated heterocycles. The third-order valence-corrected chi connectivity index (χ3v) is 3.67. The van der Waals surface area contributed by atoms with Crippen molar-refractivity contribution in [3.05, 3.63) is 63.6 Å². The Hall–Kier alpha value is -1.26. The summed E-state index contributed by atoms with van der Waals surface area (Å²) in [4.78, 5) is 4.19. The van der Waals surface area contributed by atoms with Crippen LogP contribution >= 0.6 is 15.9 Å². The second kappa shape index (κ2) is 6.95. The van der Waals surface area contributed by atoms with Crippen LogP contribution in [-0.2, 0) is 6.42 Å². The standard InChI is InChI=1S/C16H18BrFN2/c1-3-20-16(8-12-7-14(17)10-19-9-12)13-4-5-15(18)11(2)6-13/h4-7,9-10,16,20H,3,8H2,1-2H3. The molecule has 0 aliphatic heterocycles. The minimum atomic E-state index is -0.159. The molecule has 20 heavy (non-hydrogen) atoms. The van der Waals surface area contributed by atoms with Gasteiger partial charge in [-0.1, -0.05) is 19.1 Å². The van der Waals surface area contributed by atoms with Gasteiger partial charge in [-0.3, -0.25) is 4.98 Å². The van der Waals surface area contributed by atoms with Crippen LogP contribution in [0.4, 0.5) is 4.39 Å². The number of rotatable bonds is 5. The minimum absolute atomic E-state index is 0.159. The molecule has 0 saturated carbocycles. The van der Waals surface area contributed by atoms with Gasteiger partial charge in [-0.05, 0) is 64.6 Å². The number of aromatic nitrogens is 1. The van der Waals surface area contributed by atoms with Crippen LogP contribution in [0.1, 0.15) is 29.7 Å². The number of nitrogens with zero attached hydrogens (tertiary/aromatic N) is 1. The third kappa shape index (κ3) is 3.87. The molecule has 1 N–H and O–H groups in total. The number of halogens is 2. The van der Waals surface area contributed by atoms with Gasteiger partial charge in [0.1, 0.15) is 5.82 Å². The maximum Gasteiger partial charge on any atom is 0.126 e. The van der Waals surface area contributed by atoms with E-state index < -0.39 is 0 Å². The first-order chi connectivity index (χ1) is 9.60. The Kier molecular flexibility index (Phi) is 5.26. The maximum atomic E-state index is 13.4.